The largest absolute Gasteiger partial charge is 0.364 e. The van der Waals surface area contributed by atoms with Gasteiger partial charge in [-0.3, -0.25) is 10.1 Å². The van der Waals surface area contributed by atoms with Crippen molar-refractivity contribution in [3.63, 3.8) is 0 Å². The van der Waals surface area contributed by atoms with Gasteiger partial charge in [0.1, 0.15) is 6.10 Å². The molecule has 1 saturated heterocycles. The zero-order valence-corrected chi connectivity index (χ0v) is 13.6. The first-order valence-electron chi connectivity index (χ1n) is 7.41. The van der Waals surface area contributed by atoms with E-state index >= 15 is 0 Å². The molecule has 0 saturated carbocycles. The lowest BCUT2D eigenvalue weighted by molar-refractivity contribution is -0.126. The van der Waals surface area contributed by atoms with E-state index < -0.39 is 0 Å². The molecular weight excluding hydrogens is 310 g/mol. The SMILES string of the molecule is Cl.NC[C@H]1CC[C@@H](C(=O)Nc2nc3c(s2)CCCCC3)O1. The van der Waals surface area contributed by atoms with Gasteiger partial charge in [-0.25, -0.2) is 4.98 Å². The molecule has 1 aliphatic carbocycles. The zero-order chi connectivity index (χ0) is 13.9. The molecule has 1 aromatic heterocycles. The number of hydrogen-bond donors (Lipinski definition) is 2. The van der Waals surface area contributed by atoms with Gasteiger partial charge in [-0.1, -0.05) is 6.42 Å². The highest BCUT2D eigenvalue weighted by atomic mass is 35.5. The number of nitrogens with two attached hydrogens (primary N) is 1. The number of carbonyl (C=O) groups excluding carboxylic acids is 1. The average Bonchev–Trinajstić information content (AvgIpc) is 3.01. The van der Waals surface area contributed by atoms with Crippen molar-refractivity contribution in [2.24, 2.45) is 5.73 Å². The molecule has 0 aromatic carbocycles. The molecule has 2 aliphatic rings. The van der Waals surface area contributed by atoms with Gasteiger partial charge < -0.3 is 10.5 Å². The van der Waals surface area contributed by atoms with E-state index in [-0.39, 0.29) is 30.5 Å². The first-order chi connectivity index (χ1) is 9.76. The van der Waals surface area contributed by atoms with Gasteiger partial charge in [0.25, 0.3) is 5.91 Å². The second kappa shape index (κ2) is 7.54. The summed E-state index contributed by atoms with van der Waals surface area (Å²) in [5.41, 5.74) is 6.74. The lowest BCUT2D eigenvalue weighted by atomic mass is 10.2. The number of ether oxygens (including phenoxy) is 1. The van der Waals surface area contributed by atoms with Gasteiger partial charge in [0.05, 0.1) is 11.8 Å². The molecule has 2 atom stereocenters. The number of carbonyl (C=O) groups is 1. The third-order valence-electron chi connectivity index (χ3n) is 3.99. The van der Waals surface area contributed by atoms with Gasteiger partial charge in [0, 0.05) is 11.4 Å². The van der Waals surface area contributed by atoms with Gasteiger partial charge in [0.15, 0.2) is 5.13 Å². The Hall–Kier alpha value is -0.690. The fourth-order valence-corrected chi connectivity index (χ4v) is 3.89. The van der Waals surface area contributed by atoms with E-state index in [0.717, 1.165) is 30.8 Å². The van der Waals surface area contributed by atoms with Crippen LogP contribution in [0.5, 0.6) is 0 Å². The molecule has 0 bridgehead atoms. The first-order valence-corrected chi connectivity index (χ1v) is 8.23. The van der Waals surface area contributed by atoms with E-state index in [1.165, 1.54) is 29.8 Å². The Labute approximate surface area is 135 Å². The van der Waals surface area contributed by atoms with Crippen molar-refractivity contribution in [3.05, 3.63) is 10.6 Å². The number of fused-ring (bicyclic) bond motifs is 1. The monoisotopic (exact) mass is 331 g/mol. The lowest BCUT2D eigenvalue weighted by Crippen LogP contribution is -2.29. The van der Waals surface area contributed by atoms with Crippen LogP contribution in [0.4, 0.5) is 5.13 Å². The van der Waals surface area contributed by atoms with Crippen LogP contribution in [-0.2, 0) is 22.4 Å². The highest BCUT2D eigenvalue weighted by Gasteiger charge is 2.30. The number of anilines is 1. The fourth-order valence-electron chi connectivity index (χ4n) is 2.84. The van der Waals surface area contributed by atoms with Crippen LogP contribution in [0, 0.1) is 0 Å². The van der Waals surface area contributed by atoms with Crippen LogP contribution in [0.3, 0.4) is 0 Å². The molecule has 1 fully saturated rings. The molecule has 0 spiro atoms. The standard InChI is InChI=1S/C14H21N3O2S.ClH/c15-8-9-6-7-11(19-9)13(18)17-14-16-10-4-2-1-3-5-12(10)20-14;/h9,11H,1-8,15H2,(H,16,17,18);1H/t9-,11+;/m1./s1. The van der Waals surface area contributed by atoms with Gasteiger partial charge in [-0.05, 0) is 38.5 Å². The number of amides is 1. The minimum atomic E-state index is -0.368. The summed E-state index contributed by atoms with van der Waals surface area (Å²) < 4.78 is 5.61. The van der Waals surface area contributed by atoms with E-state index in [4.69, 9.17) is 10.5 Å². The van der Waals surface area contributed by atoms with Crippen LogP contribution in [-0.4, -0.2) is 29.6 Å². The summed E-state index contributed by atoms with van der Waals surface area (Å²) in [6.45, 7) is 0.481. The van der Waals surface area contributed by atoms with Gasteiger partial charge in [-0.15, -0.1) is 23.7 Å². The topological polar surface area (TPSA) is 77.2 Å². The number of rotatable bonds is 3. The summed E-state index contributed by atoms with van der Waals surface area (Å²) in [5.74, 6) is -0.0788. The molecule has 5 nitrogen and oxygen atoms in total. The molecule has 21 heavy (non-hydrogen) atoms. The summed E-state index contributed by atoms with van der Waals surface area (Å²) in [6, 6.07) is 0. The van der Waals surface area contributed by atoms with Gasteiger partial charge >= 0.3 is 0 Å². The quantitative estimate of drug-likeness (QED) is 0.833. The van der Waals surface area contributed by atoms with Crippen LogP contribution in [0.1, 0.15) is 42.7 Å². The van der Waals surface area contributed by atoms with Crippen LogP contribution in [0.15, 0.2) is 0 Å². The summed E-state index contributed by atoms with van der Waals surface area (Å²) >= 11 is 1.62. The fraction of sp³-hybridized carbons (Fsp3) is 0.714. The van der Waals surface area contributed by atoms with Crippen LogP contribution in [0.2, 0.25) is 0 Å². The number of hydrogen-bond acceptors (Lipinski definition) is 5. The van der Waals surface area contributed by atoms with Crippen molar-refractivity contribution < 1.29 is 9.53 Å². The van der Waals surface area contributed by atoms with Crippen molar-refractivity contribution in [1.29, 1.82) is 0 Å². The second-order valence-corrected chi connectivity index (χ2v) is 6.58. The number of halogens is 1. The van der Waals surface area contributed by atoms with Crippen molar-refractivity contribution in [1.82, 2.24) is 4.98 Å². The van der Waals surface area contributed by atoms with E-state index in [2.05, 4.69) is 10.3 Å². The van der Waals surface area contributed by atoms with E-state index in [1.807, 2.05) is 0 Å². The molecule has 1 aromatic rings. The Kier molecular flexibility index (Phi) is 5.98. The molecule has 2 heterocycles. The number of aromatic nitrogens is 1. The van der Waals surface area contributed by atoms with Crippen molar-refractivity contribution in [2.75, 3.05) is 11.9 Å². The molecular formula is C14H22ClN3O2S. The second-order valence-electron chi connectivity index (χ2n) is 5.50. The maximum Gasteiger partial charge on any atom is 0.255 e. The molecule has 1 aliphatic heterocycles. The van der Waals surface area contributed by atoms with Crippen LogP contribution in [0.25, 0.3) is 0 Å². The summed E-state index contributed by atoms with van der Waals surface area (Å²) in [6.07, 6.45) is 7.12. The summed E-state index contributed by atoms with van der Waals surface area (Å²) in [4.78, 5) is 18.1. The Morgan fingerprint density at radius 3 is 2.90 bits per heavy atom. The first kappa shape index (κ1) is 16.7. The Bertz CT molecular complexity index is 471. The lowest BCUT2D eigenvalue weighted by Gasteiger charge is -2.11. The normalized spacial score (nSPS) is 24.8. The highest BCUT2D eigenvalue weighted by molar-refractivity contribution is 7.15. The number of nitrogens with zero attached hydrogens (tertiary/aromatic N) is 1. The molecule has 0 unspecified atom stereocenters. The third-order valence-corrected chi connectivity index (χ3v) is 5.06. The summed E-state index contributed by atoms with van der Waals surface area (Å²) in [5, 5.41) is 3.63. The van der Waals surface area contributed by atoms with Crippen LogP contribution < -0.4 is 11.1 Å². The van der Waals surface area contributed by atoms with Crippen molar-refractivity contribution >= 4 is 34.8 Å². The zero-order valence-electron chi connectivity index (χ0n) is 12.0. The molecule has 3 N–H and O–H groups in total. The van der Waals surface area contributed by atoms with E-state index in [0.29, 0.717) is 6.54 Å². The molecule has 7 heteroatoms. The minimum Gasteiger partial charge on any atom is -0.364 e. The van der Waals surface area contributed by atoms with Gasteiger partial charge in [-0.2, -0.15) is 0 Å². The smallest absolute Gasteiger partial charge is 0.255 e. The van der Waals surface area contributed by atoms with Crippen LogP contribution >= 0.6 is 23.7 Å². The predicted octanol–water partition coefficient (Wildman–Crippen LogP) is 2.28. The van der Waals surface area contributed by atoms with E-state index in [9.17, 15) is 4.79 Å². The van der Waals surface area contributed by atoms with Gasteiger partial charge in [0.2, 0.25) is 0 Å². The Balaban J connectivity index is 0.00000161. The number of aryl methyl sites for hydroxylation is 2. The Morgan fingerprint density at radius 1 is 1.33 bits per heavy atom. The Morgan fingerprint density at radius 2 is 2.14 bits per heavy atom. The molecule has 0 radical (unpaired) electrons. The van der Waals surface area contributed by atoms with Crippen molar-refractivity contribution in [3.8, 4) is 0 Å². The third kappa shape index (κ3) is 3.94. The maximum absolute atomic E-state index is 12.1. The molecule has 3 rings (SSSR count). The number of nitrogens with one attached hydrogen (secondary N) is 1. The maximum atomic E-state index is 12.1. The average molecular weight is 332 g/mol. The molecule has 1 amide bonds. The summed E-state index contributed by atoms with van der Waals surface area (Å²) in [7, 11) is 0. The van der Waals surface area contributed by atoms with Crippen molar-refractivity contribution in [2.45, 2.75) is 57.2 Å². The highest BCUT2D eigenvalue weighted by Crippen LogP contribution is 2.29. The predicted molar refractivity (Wildman–Crippen MR) is 86.2 cm³/mol. The van der Waals surface area contributed by atoms with E-state index in [1.54, 1.807) is 11.3 Å². The minimum absolute atomic E-state index is 0. The number of thiazole rings is 1. The molecule has 118 valence electrons.